The van der Waals surface area contributed by atoms with Gasteiger partial charge in [-0.05, 0) is 13.8 Å². The van der Waals surface area contributed by atoms with Gasteiger partial charge in [0.1, 0.15) is 0 Å². The Labute approximate surface area is 93.6 Å². The highest BCUT2D eigenvalue weighted by Gasteiger charge is 1.97. The maximum atomic E-state index is 4.19. The number of azo groups is 1. The van der Waals surface area contributed by atoms with Gasteiger partial charge in [0.25, 0.3) is 0 Å². The number of nitrogens with zero attached hydrogens (tertiary/aromatic N) is 6. The average Bonchev–Trinajstić information content (AvgIpc) is 2.95. The third kappa shape index (κ3) is 2.33. The second kappa shape index (κ2) is 4.69. The summed E-state index contributed by atoms with van der Waals surface area (Å²) in [6.07, 6.45) is 3.75. The van der Waals surface area contributed by atoms with Gasteiger partial charge in [-0.3, -0.25) is 9.36 Å². The Bertz CT molecular complexity index is 437. The summed E-state index contributed by atoms with van der Waals surface area (Å²) in [6.45, 7) is 5.72. The predicted octanol–water partition coefficient (Wildman–Crippen LogP) is 2.53. The molecule has 0 aliphatic carbocycles. The number of hydrogen-bond acceptors (Lipinski definition) is 4. The highest BCUT2D eigenvalue weighted by Crippen LogP contribution is 2.13. The van der Waals surface area contributed by atoms with Crippen molar-refractivity contribution < 1.29 is 0 Å². The van der Waals surface area contributed by atoms with E-state index in [2.05, 4.69) is 20.4 Å². The van der Waals surface area contributed by atoms with Gasteiger partial charge < -0.3 is 0 Å². The maximum absolute atomic E-state index is 4.19. The van der Waals surface area contributed by atoms with Gasteiger partial charge in [-0.2, -0.15) is 10.2 Å². The van der Waals surface area contributed by atoms with Crippen molar-refractivity contribution in [2.24, 2.45) is 10.2 Å². The molecule has 84 valence electrons. The molecule has 0 saturated heterocycles. The van der Waals surface area contributed by atoms with Crippen molar-refractivity contribution in [3.8, 4) is 0 Å². The molecule has 6 heteroatoms. The molecule has 0 unspecified atom stereocenters. The molecule has 0 radical (unpaired) electrons. The van der Waals surface area contributed by atoms with Crippen LogP contribution < -0.4 is 0 Å². The van der Waals surface area contributed by atoms with E-state index in [-0.39, 0.29) is 0 Å². The lowest BCUT2D eigenvalue weighted by molar-refractivity contribution is 0.656. The van der Waals surface area contributed by atoms with Crippen molar-refractivity contribution >= 4 is 11.6 Å². The number of aromatic nitrogens is 4. The van der Waals surface area contributed by atoms with Gasteiger partial charge >= 0.3 is 0 Å². The molecular weight excluding hydrogens is 204 g/mol. The Morgan fingerprint density at radius 3 is 1.69 bits per heavy atom. The van der Waals surface area contributed by atoms with Crippen molar-refractivity contribution in [3.63, 3.8) is 0 Å². The minimum absolute atomic E-state index is 0.605. The Morgan fingerprint density at radius 2 is 1.38 bits per heavy atom. The van der Waals surface area contributed by atoms with Crippen LogP contribution in [0.1, 0.15) is 13.8 Å². The zero-order valence-electron chi connectivity index (χ0n) is 9.41. The van der Waals surface area contributed by atoms with E-state index in [1.165, 1.54) is 0 Å². The Hall–Kier alpha value is -1.98. The lowest BCUT2D eigenvalue weighted by Crippen LogP contribution is -1.92. The molecule has 2 aromatic rings. The fourth-order valence-electron chi connectivity index (χ4n) is 1.26. The molecule has 2 heterocycles. The van der Waals surface area contributed by atoms with E-state index in [9.17, 15) is 0 Å². The second-order valence-corrected chi connectivity index (χ2v) is 3.26. The smallest absolute Gasteiger partial charge is 0.195 e. The fraction of sp³-hybridized carbons (Fsp3) is 0.400. The molecule has 0 amide bonds. The normalized spacial score (nSPS) is 11.4. The molecule has 0 aromatic carbocycles. The maximum Gasteiger partial charge on any atom is 0.195 e. The molecule has 0 bridgehead atoms. The van der Waals surface area contributed by atoms with Crippen molar-refractivity contribution in [2.75, 3.05) is 0 Å². The molecular formula is C10H14N6. The molecule has 0 fully saturated rings. The first-order chi connectivity index (χ1) is 7.81. The van der Waals surface area contributed by atoms with E-state index in [0.717, 1.165) is 13.1 Å². The molecule has 0 saturated carbocycles. The molecule has 6 nitrogen and oxygen atoms in total. The molecule has 0 N–H and O–H groups in total. The molecule has 2 aromatic heterocycles. The fourth-order valence-corrected chi connectivity index (χ4v) is 1.26. The van der Waals surface area contributed by atoms with Crippen LogP contribution in [0.5, 0.6) is 0 Å². The Kier molecular flexibility index (Phi) is 3.09. The van der Waals surface area contributed by atoms with E-state index in [1.54, 1.807) is 9.36 Å². The Balaban J connectivity index is 2.08. The van der Waals surface area contributed by atoms with Crippen LogP contribution >= 0.6 is 0 Å². The molecule has 0 aliphatic rings. The SMILES string of the molecule is CCn1ccc(N=Nc2ccn(CC)n2)n1. The van der Waals surface area contributed by atoms with E-state index in [0.29, 0.717) is 11.6 Å². The first-order valence-corrected chi connectivity index (χ1v) is 5.30. The van der Waals surface area contributed by atoms with E-state index in [4.69, 9.17) is 0 Å². The van der Waals surface area contributed by atoms with Gasteiger partial charge in [0.2, 0.25) is 0 Å². The summed E-state index contributed by atoms with van der Waals surface area (Å²) in [5.41, 5.74) is 0. The zero-order valence-corrected chi connectivity index (χ0v) is 9.41. The summed E-state index contributed by atoms with van der Waals surface area (Å²) >= 11 is 0. The lowest BCUT2D eigenvalue weighted by Gasteiger charge is -1.90. The molecule has 0 spiro atoms. The second-order valence-electron chi connectivity index (χ2n) is 3.26. The molecule has 0 aliphatic heterocycles. The summed E-state index contributed by atoms with van der Waals surface area (Å²) in [5, 5.41) is 16.4. The van der Waals surface area contributed by atoms with Gasteiger partial charge in [0.05, 0.1) is 0 Å². The van der Waals surface area contributed by atoms with E-state index in [1.807, 2.05) is 38.4 Å². The largest absolute Gasteiger partial charge is 0.271 e. The van der Waals surface area contributed by atoms with Crippen LogP contribution in [0, 0.1) is 0 Å². The Morgan fingerprint density at radius 1 is 0.938 bits per heavy atom. The quantitative estimate of drug-likeness (QED) is 0.740. The molecule has 16 heavy (non-hydrogen) atoms. The van der Waals surface area contributed by atoms with Crippen LogP contribution in [-0.4, -0.2) is 19.6 Å². The topological polar surface area (TPSA) is 60.4 Å². The van der Waals surface area contributed by atoms with Crippen LogP contribution in [0.4, 0.5) is 11.6 Å². The third-order valence-corrected chi connectivity index (χ3v) is 2.16. The molecule has 0 atom stereocenters. The van der Waals surface area contributed by atoms with Crippen LogP contribution in [0.3, 0.4) is 0 Å². The first-order valence-electron chi connectivity index (χ1n) is 5.30. The highest BCUT2D eigenvalue weighted by molar-refractivity contribution is 5.27. The summed E-state index contributed by atoms with van der Waals surface area (Å²) in [5.74, 6) is 1.21. The van der Waals surface area contributed by atoms with E-state index >= 15 is 0 Å². The standard InChI is InChI=1S/C10H14N6/c1-3-15-7-5-9(13-15)11-12-10-6-8-16(4-2)14-10/h5-8H,3-4H2,1-2H3. The molecule has 2 rings (SSSR count). The monoisotopic (exact) mass is 218 g/mol. The van der Waals surface area contributed by atoms with Crippen molar-refractivity contribution in [3.05, 3.63) is 24.5 Å². The van der Waals surface area contributed by atoms with Gasteiger partial charge in [-0.25, -0.2) is 0 Å². The summed E-state index contributed by atoms with van der Waals surface area (Å²) in [7, 11) is 0. The number of hydrogen-bond donors (Lipinski definition) is 0. The van der Waals surface area contributed by atoms with Crippen LogP contribution in [-0.2, 0) is 13.1 Å². The van der Waals surface area contributed by atoms with Crippen molar-refractivity contribution in [1.82, 2.24) is 19.6 Å². The summed E-state index contributed by atoms with van der Waals surface area (Å²) in [6, 6.07) is 3.65. The van der Waals surface area contributed by atoms with Crippen LogP contribution in [0.2, 0.25) is 0 Å². The van der Waals surface area contributed by atoms with Gasteiger partial charge in [0.15, 0.2) is 11.6 Å². The highest BCUT2D eigenvalue weighted by atomic mass is 15.4. The first kappa shape index (κ1) is 10.5. The van der Waals surface area contributed by atoms with Crippen molar-refractivity contribution in [2.45, 2.75) is 26.9 Å². The van der Waals surface area contributed by atoms with Gasteiger partial charge in [-0.1, -0.05) is 0 Å². The number of aryl methyl sites for hydroxylation is 2. The third-order valence-electron chi connectivity index (χ3n) is 2.16. The zero-order chi connectivity index (χ0) is 11.4. The number of rotatable bonds is 4. The van der Waals surface area contributed by atoms with Gasteiger partial charge in [0, 0.05) is 37.6 Å². The summed E-state index contributed by atoms with van der Waals surface area (Å²) < 4.78 is 3.61. The summed E-state index contributed by atoms with van der Waals surface area (Å²) in [4.78, 5) is 0. The average molecular weight is 218 g/mol. The van der Waals surface area contributed by atoms with Crippen LogP contribution in [0.15, 0.2) is 34.8 Å². The van der Waals surface area contributed by atoms with E-state index < -0.39 is 0 Å². The predicted molar refractivity (Wildman–Crippen MR) is 60.0 cm³/mol. The van der Waals surface area contributed by atoms with Crippen LogP contribution in [0.25, 0.3) is 0 Å². The minimum Gasteiger partial charge on any atom is -0.271 e. The lowest BCUT2D eigenvalue weighted by atomic mass is 10.6. The van der Waals surface area contributed by atoms with Gasteiger partial charge in [-0.15, -0.1) is 10.2 Å². The minimum atomic E-state index is 0.605. The van der Waals surface area contributed by atoms with Crippen molar-refractivity contribution in [1.29, 1.82) is 0 Å².